The van der Waals surface area contributed by atoms with Crippen LogP contribution in [0.5, 0.6) is 5.75 Å². The fourth-order valence-corrected chi connectivity index (χ4v) is 2.75. The van der Waals surface area contributed by atoms with Gasteiger partial charge in [-0.15, -0.1) is 0 Å². The summed E-state index contributed by atoms with van der Waals surface area (Å²) in [6.07, 6.45) is 0. The first-order valence-corrected chi connectivity index (χ1v) is 9.23. The molecule has 0 N–H and O–H groups in total. The summed E-state index contributed by atoms with van der Waals surface area (Å²) in [5.74, 6) is -0.754. The van der Waals surface area contributed by atoms with E-state index in [0.29, 0.717) is 17.9 Å². The lowest BCUT2D eigenvalue weighted by Crippen LogP contribution is -2.14. The Kier molecular flexibility index (Phi) is 6.77. The Morgan fingerprint density at radius 2 is 1.67 bits per heavy atom. The van der Waals surface area contributed by atoms with Crippen LogP contribution in [0.1, 0.15) is 26.3 Å². The van der Waals surface area contributed by atoms with E-state index in [4.69, 9.17) is 21.1 Å². The van der Waals surface area contributed by atoms with Crippen molar-refractivity contribution in [3.05, 3.63) is 105 Å². The smallest absolute Gasteiger partial charge is 0.340 e. The number of nitro groups is 1. The number of carbonyl (C=O) groups is 2. The van der Waals surface area contributed by atoms with Gasteiger partial charge in [-0.25, -0.2) is 4.79 Å². The third kappa shape index (κ3) is 5.42. The van der Waals surface area contributed by atoms with Crippen LogP contribution in [0.2, 0.25) is 5.02 Å². The van der Waals surface area contributed by atoms with Gasteiger partial charge in [-0.1, -0.05) is 41.9 Å². The van der Waals surface area contributed by atoms with E-state index in [1.54, 1.807) is 24.3 Å². The first-order chi connectivity index (χ1) is 14.4. The number of ether oxygens (including phenoxy) is 2. The van der Waals surface area contributed by atoms with Crippen LogP contribution in [0, 0.1) is 10.1 Å². The summed E-state index contributed by atoms with van der Waals surface area (Å²) in [6, 6.07) is 19.5. The molecule has 30 heavy (non-hydrogen) atoms. The largest absolute Gasteiger partial charge is 0.489 e. The predicted octanol–water partition coefficient (Wildman–Crippen LogP) is 4.87. The number of hydrogen-bond donors (Lipinski definition) is 0. The fourth-order valence-electron chi connectivity index (χ4n) is 2.55. The first kappa shape index (κ1) is 21.0. The van der Waals surface area contributed by atoms with E-state index < -0.39 is 23.3 Å². The van der Waals surface area contributed by atoms with Crippen molar-refractivity contribution in [1.29, 1.82) is 0 Å². The normalized spacial score (nSPS) is 10.3. The number of benzene rings is 3. The van der Waals surface area contributed by atoms with Crippen molar-refractivity contribution >= 4 is 29.0 Å². The lowest BCUT2D eigenvalue weighted by Gasteiger charge is -2.08. The number of nitrogens with zero attached hydrogens (tertiary/aromatic N) is 1. The maximum absolute atomic E-state index is 12.3. The maximum atomic E-state index is 12.3. The monoisotopic (exact) mass is 425 g/mol. The van der Waals surface area contributed by atoms with Gasteiger partial charge in [0.25, 0.3) is 5.69 Å². The molecule has 0 aliphatic rings. The van der Waals surface area contributed by atoms with Crippen LogP contribution in [0.3, 0.4) is 0 Å². The molecule has 0 atom stereocenters. The quantitative estimate of drug-likeness (QED) is 0.221. The molecule has 0 heterocycles. The predicted molar refractivity (Wildman–Crippen MR) is 110 cm³/mol. The number of Topliss-reactive ketones (excluding diaryl/α,β-unsaturated/α-hetero) is 1. The number of rotatable bonds is 8. The molecule has 3 rings (SSSR count). The van der Waals surface area contributed by atoms with Gasteiger partial charge in [-0.2, -0.15) is 0 Å². The summed E-state index contributed by atoms with van der Waals surface area (Å²) in [4.78, 5) is 34.6. The summed E-state index contributed by atoms with van der Waals surface area (Å²) in [5.41, 5.74) is 0.872. The van der Waals surface area contributed by atoms with Crippen LogP contribution in [-0.2, 0) is 11.3 Å². The molecule has 0 saturated heterocycles. The molecule has 0 spiro atoms. The molecule has 0 bridgehead atoms. The summed E-state index contributed by atoms with van der Waals surface area (Å²) in [5, 5.41) is 10.8. The van der Waals surface area contributed by atoms with Crippen LogP contribution in [0.15, 0.2) is 72.8 Å². The van der Waals surface area contributed by atoms with Crippen LogP contribution < -0.4 is 4.74 Å². The molecular formula is C22H16ClNO6. The second-order valence-electron chi connectivity index (χ2n) is 6.22. The average molecular weight is 426 g/mol. The van der Waals surface area contributed by atoms with Crippen LogP contribution in [0.25, 0.3) is 0 Å². The van der Waals surface area contributed by atoms with Crippen LogP contribution in [0.4, 0.5) is 5.69 Å². The number of hydrogen-bond acceptors (Lipinski definition) is 6. The second-order valence-corrected chi connectivity index (χ2v) is 6.63. The second kappa shape index (κ2) is 9.67. The third-order valence-corrected chi connectivity index (χ3v) is 4.47. The molecule has 0 unspecified atom stereocenters. The average Bonchev–Trinajstić information content (AvgIpc) is 2.77. The van der Waals surface area contributed by atoms with Crippen molar-refractivity contribution < 1.29 is 24.0 Å². The van der Waals surface area contributed by atoms with Crippen LogP contribution in [-0.4, -0.2) is 23.3 Å². The molecule has 0 aliphatic carbocycles. The number of halogens is 1. The zero-order valence-corrected chi connectivity index (χ0v) is 16.4. The molecule has 3 aromatic rings. The standard InChI is InChI=1S/C22H16ClNO6/c23-20-11-8-17(24(27)28)12-19(20)22(26)30-14-21(25)16-6-9-18(10-7-16)29-13-15-4-2-1-3-5-15/h1-12H,13-14H2. The van der Waals surface area contributed by atoms with E-state index in [0.717, 1.165) is 11.6 Å². The van der Waals surface area contributed by atoms with Crippen molar-refractivity contribution in [2.24, 2.45) is 0 Å². The lowest BCUT2D eigenvalue weighted by atomic mass is 10.1. The van der Waals surface area contributed by atoms with E-state index >= 15 is 0 Å². The number of carbonyl (C=O) groups excluding carboxylic acids is 2. The van der Waals surface area contributed by atoms with Gasteiger partial charge in [-0.05, 0) is 35.9 Å². The van der Waals surface area contributed by atoms with Crippen molar-refractivity contribution in [3.8, 4) is 5.75 Å². The summed E-state index contributed by atoms with van der Waals surface area (Å²) in [7, 11) is 0. The van der Waals surface area contributed by atoms with Crippen molar-refractivity contribution in [2.75, 3.05) is 6.61 Å². The Morgan fingerprint density at radius 1 is 0.967 bits per heavy atom. The van der Waals surface area contributed by atoms with E-state index in [9.17, 15) is 19.7 Å². The van der Waals surface area contributed by atoms with Gasteiger partial charge in [-0.3, -0.25) is 14.9 Å². The molecular weight excluding hydrogens is 410 g/mol. The highest BCUT2D eigenvalue weighted by Crippen LogP contribution is 2.23. The topological polar surface area (TPSA) is 95.7 Å². The Labute approximate surface area is 177 Å². The Hall–Kier alpha value is -3.71. The Balaban J connectivity index is 1.56. The maximum Gasteiger partial charge on any atom is 0.340 e. The zero-order chi connectivity index (χ0) is 21.5. The molecule has 0 amide bonds. The number of ketones is 1. The molecule has 0 fully saturated rings. The van der Waals surface area contributed by atoms with Crippen molar-refractivity contribution in [2.45, 2.75) is 6.61 Å². The molecule has 0 aliphatic heterocycles. The molecule has 7 nitrogen and oxygen atoms in total. The van der Waals surface area contributed by atoms with Gasteiger partial charge in [0.15, 0.2) is 12.4 Å². The molecule has 3 aromatic carbocycles. The summed E-state index contributed by atoms with van der Waals surface area (Å²) < 4.78 is 10.6. The highest BCUT2D eigenvalue weighted by Gasteiger charge is 2.18. The van der Waals surface area contributed by atoms with E-state index in [-0.39, 0.29) is 16.3 Å². The molecule has 0 radical (unpaired) electrons. The molecule has 0 saturated carbocycles. The zero-order valence-electron chi connectivity index (χ0n) is 15.6. The van der Waals surface area contributed by atoms with Gasteiger partial charge < -0.3 is 9.47 Å². The van der Waals surface area contributed by atoms with Crippen molar-refractivity contribution in [1.82, 2.24) is 0 Å². The highest BCUT2D eigenvalue weighted by molar-refractivity contribution is 6.33. The molecule has 8 heteroatoms. The Bertz CT molecular complexity index is 1070. The minimum atomic E-state index is -0.917. The first-order valence-electron chi connectivity index (χ1n) is 8.85. The lowest BCUT2D eigenvalue weighted by molar-refractivity contribution is -0.384. The van der Waals surface area contributed by atoms with Gasteiger partial charge in [0.2, 0.25) is 0 Å². The Morgan fingerprint density at radius 3 is 2.33 bits per heavy atom. The highest BCUT2D eigenvalue weighted by atomic mass is 35.5. The van der Waals surface area contributed by atoms with Gasteiger partial charge in [0.1, 0.15) is 12.4 Å². The van der Waals surface area contributed by atoms with E-state index in [1.165, 1.54) is 12.1 Å². The van der Waals surface area contributed by atoms with E-state index in [1.807, 2.05) is 30.3 Å². The molecule has 0 aromatic heterocycles. The number of esters is 1. The van der Waals surface area contributed by atoms with E-state index in [2.05, 4.69) is 0 Å². The van der Waals surface area contributed by atoms with Gasteiger partial charge >= 0.3 is 5.97 Å². The molecule has 152 valence electrons. The third-order valence-electron chi connectivity index (χ3n) is 4.14. The van der Waals surface area contributed by atoms with Gasteiger partial charge in [0, 0.05) is 17.7 Å². The SMILES string of the molecule is O=C(COC(=O)c1cc([N+](=O)[O-])ccc1Cl)c1ccc(OCc2ccccc2)cc1. The fraction of sp³-hybridized carbons (Fsp3) is 0.0909. The number of nitro benzene ring substituents is 1. The minimum Gasteiger partial charge on any atom is -0.489 e. The summed E-state index contributed by atoms with van der Waals surface area (Å²) >= 11 is 5.90. The van der Waals surface area contributed by atoms with Gasteiger partial charge in [0.05, 0.1) is 15.5 Å². The van der Waals surface area contributed by atoms with Crippen molar-refractivity contribution in [3.63, 3.8) is 0 Å². The van der Waals surface area contributed by atoms with Crippen LogP contribution >= 0.6 is 11.6 Å². The minimum absolute atomic E-state index is 0.00188. The number of non-ortho nitro benzene ring substituents is 1. The summed E-state index contributed by atoms with van der Waals surface area (Å²) in [6.45, 7) is -0.127.